The maximum Gasteiger partial charge on any atom is 0.192 e. The molecule has 2 rings (SSSR count). The maximum absolute atomic E-state index is 6.01. The van der Waals surface area contributed by atoms with Crippen LogP contribution in [0.15, 0.2) is 41.9 Å². The number of nitrogens with zero attached hydrogens (tertiary/aromatic N) is 2. The molecule has 2 N–H and O–H groups in total. The molecule has 0 bridgehead atoms. The molecule has 0 saturated carbocycles. The SMILES string of the molecule is C=CCN1C(N)=NCC1(C)c1ccc(C(C)(C)C)cc1. The molecule has 0 spiro atoms. The smallest absolute Gasteiger partial charge is 0.192 e. The molecule has 1 aliphatic heterocycles. The van der Waals surface area contributed by atoms with Crippen molar-refractivity contribution >= 4 is 5.96 Å². The molecule has 1 unspecified atom stereocenters. The fraction of sp³-hybridized carbons (Fsp3) is 0.471. The summed E-state index contributed by atoms with van der Waals surface area (Å²) in [7, 11) is 0. The van der Waals surface area contributed by atoms with Gasteiger partial charge in [-0.15, -0.1) is 6.58 Å². The molecule has 20 heavy (non-hydrogen) atoms. The monoisotopic (exact) mass is 271 g/mol. The minimum atomic E-state index is -0.172. The fourth-order valence-electron chi connectivity index (χ4n) is 2.66. The Labute approximate surface area is 122 Å². The summed E-state index contributed by atoms with van der Waals surface area (Å²) in [6, 6.07) is 8.82. The third-order valence-corrected chi connectivity index (χ3v) is 4.11. The van der Waals surface area contributed by atoms with Crippen LogP contribution in [-0.2, 0) is 11.0 Å². The Kier molecular flexibility index (Phi) is 3.63. The Hall–Kier alpha value is -1.77. The molecule has 0 fully saturated rings. The van der Waals surface area contributed by atoms with Crippen LogP contribution in [0.3, 0.4) is 0 Å². The lowest BCUT2D eigenvalue weighted by atomic mass is 9.84. The first kappa shape index (κ1) is 14.6. The van der Waals surface area contributed by atoms with Gasteiger partial charge in [-0.25, -0.2) is 0 Å². The molecule has 0 amide bonds. The highest BCUT2D eigenvalue weighted by Gasteiger charge is 2.38. The van der Waals surface area contributed by atoms with Gasteiger partial charge in [-0.1, -0.05) is 51.1 Å². The highest BCUT2D eigenvalue weighted by Crippen LogP contribution is 2.33. The third-order valence-electron chi connectivity index (χ3n) is 4.11. The Morgan fingerprint density at radius 3 is 2.45 bits per heavy atom. The van der Waals surface area contributed by atoms with Crippen LogP contribution in [0.5, 0.6) is 0 Å². The van der Waals surface area contributed by atoms with Crippen molar-refractivity contribution in [2.75, 3.05) is 13.1 Å². The number of hydrogen-bond donors (Lipinski definition) is 1. The fourth-order valence-corrected chi connectivity index (χ4v) is 2.66. The van der Waals surface area contributed by atoms with Gasteiger partial charge in [0.1, 0.15) is 0 Å². The summed E-state index contributed by atoms with van der Waals surface area (Å²) in [6.07, 6.45) is 1.87. The van der Waals surface area contributed by atoms with Gasteiger partial charge in [-0.3, -0.25) is 4.99 Å². The Morgan fingerprint density at radius 2 is 1.95 bits per heavy atom. The van der Waals surface area contributed by atoms with E-state index >= 15 is 0 Å². The van der Waals surface area contributed by atoms with Crippen LogP contribution >= 0.6 is 0 Å². The summed E-state index contributed by atoms with van der Waals surface area (Å²) < 4.78 is 0. The van der Waals surface area contributed by atoms with Gasteiger partial charge in [0.15, 0.2) is 5.96 Å². The lowest BCUT2D eigenvalue weighted by Crippen LogP contribution is -2.47. The Bertz CT molecular complexity index is 522. The van der Waals surface area contributed by atoms with Gasteiger partial charge in [0.05, 0.1) is 12.1 Å². The second-order valence-corrected chi connectivity index (χ2v) is 6.67. The van der Waals surface area contributed by atoms with E-state index in [0.717, 1.165) is 0 Å². The second kappa shape index (κ2) is 4.97. The van der Waals surface area contributed by atoms with E-state index in [9.17, 15) is 0 Å². The third kappa shape index (κ3) is 2.45. The standard InChI is InChI=1S/C17H25N3/c1-6-11-20-15(18)19-12-17(20,5)14-9-7-13(8-10-14)16(2,3)4/h6-10H,1,11-12H2,2-5H3,(H2,18,19). The summed E-state index contributed by atoms with van der Waals surface area (Å²) in [5.41, 5.74) is 8.59. The molecular formula is C17H25N3. The number of benzene rings is 1. The molecule has 1 atom stereocenters. The molecule has 1 aromatic rings. The van der Waals surface area contributed by atoms with Crippen molar-refractivity contribution in [3.8, 4) is 0 Å². The number of rotatable bonds is 3. The van der Waals surface area contributed by atoms with E-state index in [4.69, 9.17) is 5.73 Å². The van der Waals surface area contributed by atoms with E-state index in [1.165, 1.54) is 11.1 Å². The topological polar surface area (TPSA) is 41.6 Å². The lowest BCUT2D eigenvalue weighted by Gasteiger charge is -2.36. The van der Waals surface area contributed by atoms with E-state index in [-0.39, 0.29) is 11.0 Å². The zero-order valence-electron chi connectivity index (χ0n) is 13.0. The lowest BCUT2D eigenvalue weighted by molar-refractivity contribution is 0.245. The second-order valence-electron chi connectivity index (χ2n) is 6.67. The van der Waals surface area contributed by atoms with E-state index in [1.807, 2.05) is 6.08 Å². The average Bonchev–Trinajstić information content (AvgIpc) is 2.68. The van der Waals surface area contributed by atoms with Crippen molar-refractivity contribution in [2.45, 2.75) is 38.6 Å². The molecule has 0 aromatic heterocycles. The first-order valence-electron chi connectivity index (χ1n) is 7.08. The van der Waals surface area contributed by atoms with E-state index in [1.54, 1.807) is 0 Å². The van der Waals surface area contributed by atoms with Crippen LogP contribution in [-0.4, -0.2) is 23.9 Å². The summed E-state index contributed by atoms with van der Waals surface area (Å²) >= 11 is 0. The zero-order chi connectivity index (χ0) is 15.0. The van der Waals surface area contributed by atoms with Crippen molar-refractivity contribution in [3.63, 3.8) is 0 Å². The van der Waals surface area contributed by atoms with Crippen LogP contribution in [0.1, 0.15) is 38.8 Å². The molecular weight excluding hydrogens is 246 g/mol. The van der Waals surface area contributed by atoms with Gasteiger partial charge in [0, 0.05) is 6.54 Å². The predicted molar refractivity (Wildman–Crippen MR) is 85.9 cm³/mol. The molecule has 0 aliphatic carbocycles. The molecule has 3 nitrogen and oxygen atoms in total. The van der Waals surface area contributed by atoms with Crippen LogP contribution < -0.4 is 5.73 Å². The average molecular weight is 271 g/mol. The number of nitrogens with two attached hydrogens (primary N) is 1. The molecule has 0 radical (unpaired) electrons. The van der Waals surface area contributed by atoms with Gasteiger partial charge >= 0.3 is 0 Å². The molecule has 1 heterocycles. The first-order valence-corrected chi connectivity index (χ1v) is 7.08. The molecule has 3 heteroatoms. The van der Waals surface area contributed by atoms with Crippen molar-refractivity contribution in [1.82, 2.24) is 4.90 Å². The van der Waals surface area contributed by atoms with E-state index < -0.39 is 0 Å². The largest absolute Gasteiger partial charge is 0.370 e. The Balaban J connectivity index is 2.33. The zero-order valence-corrected chi connectivity index (χ0v) is 13.0. The Morgan fingerprint density at radius 1 is 1.35 bits per heavy atom. The summed E-state index contributed by atoms with van der Waals surface area (Å²) in [4.78, 5) is 6.53. The first-order chi connectivity index (χ1) is 9.29. The predicted octanol–water partition coefficient (Wildman–Crippen LogP) is 3.02. The van der Waals surface area contributed by atoms with Gasteiger partial charge in [-0.2, -0.15) is 0 Å². The van der Waals surface area contributed by atoms with Crippen LogP contribution in [0.25, 0.3) is 0 Å². The van der Waals surface area contributed by atoms with Crippen LogP contribution in [0, 0.1) is 0 Å². The summed E-state index contributed by atoms with van der Waals surface area (Å²) in [6.45, 7) is 14.1. The highest BCUT2D eigenvalue weighted by molar-refractivity contribution is 5.81. The van der Waals surface area contributed by atoms with Gasteiger partial charge < -0.3 is 10.6 Å². The van der Waals surface area contributed by atoms with Crippen LogP contribution in [0.4, 0.5) is 0 Å². The van der Waals surface area contributed by atoms with Gasteiger partial charge in [0.25, 0.3) is 0 Å². The number of hydrogen-bond acceptors (Lipinski definition) is 3. The van der Waals surface area contributed by atoms with Crippen molar-refractivity contribution < 1.29 is 0 Å². The summed E-state index contributed by atoms with van der Waals surface area (Å²) in [5, 5.41) is 0. The summed E-state index contributed by atoms with van der Waals surface area (Å²) in [5.74, 6) is 0.604. The van der Waals surface area contributed by atoms with Crippen LogP contribution in [0.2, 0.25) is 0 Å². The highest BCUT2D eigenvalue weighted by atomic mass is 15.3. The molecule has 1 aliphatic rings. The quantitative estimate of drug-likeness (QED) is 0.859. The van der Waals surface area contributed by atoms with E-state index in [0.29, 0.717) is 19.0 Å². The molecule has 1 aromatic carbocycles. The van der Waals surface area contributed by atoms with Crippen molar-refractivity contribution in [2.24, 2.45) is 10.7 Å². The van der Waals surface area contributed by atoms with Crippen molar-refractivity contribution in [3.05, 3.63) is 48.0 Å². The minimum absolute atomic E-state index is 0.172. The van der Waals surface area contributed by atoms with Gasteiger partial charge in [-0.05, 0) is 23.5 Å². The van der Waals surface area contributed by atoms with Gasteiger partial charge in [0.2, 0.25) is 0 Å². The molecule has 0 saturated heterocycles. The number of aliphatic imine (C=N–C) groups is 1. The number of guanidine groups is 1. The normalized spacial score (nSPS) is 22.8. The van der Waals surface area contributed by atoms with E-state index in [2.05, 4.69) is 68.4 Å². The van der Waals surface area contributed by atoms with Crippen molar-refractivity contribution in [1.29, 1.82) is 0 Å². The maximum atomic E-state index is 6.01. The molecule has 108 valence electrons. The minimum Gasteiger partial charge on any atom is -0.370 e.